The number of ether oxygens (including phenoxy) is 3. The average Bonchev–Trinajstić information content (AvgIpc) is 3.30. The lowest BCUT2D eigenvalue weighted by molar-refractivity contribution is 0.0644. The summed E-state index contributed by atoms with van der Waals surface area (Å²) in [6.45, 7) is 3.66. The second-order valence-electron chi connectivity index (χ2n) is 5.11. The molecule has 112 valence electrons. The van der Waals surface area contributed by atoms with Crippen LogP contribution in [0.3, 0.4) is 0 Å². The fourth-order valence-electron chi connectivity index (χ4n) is 1.85. The van der Waals surface area contributed by atoms with Gasteiger partial charge in [0.15, 0.2) is 0 Å². The molecule has 1 aliphatic rings. The van der Waals surface area contributed by atoms with Crippen LogP contribution in [0.2, 0.25) is 0 Å². The Morgan fingerprint density at radius 1 is 1.05 bits per heavy atom. The summed E-state index contributed by atoms with van der Waals surface area (Å²) in [5, 5.41) is 3.50. The standard InChI is InChI=1S/C16H25NO3/c1-18-11-12-19-9-2-10-20-16-7-3-14(4-8-16)13-17-15-5-6-15/h3-4,7-8,15,17H,2,5-6,9-13H2,1H3. The third-order valence-electron chi connectivity index (χ3n) is 3.23. The monoisotopic (exact) mass is 279 g/mol. The number of benzene rings is 1. The lowest BCUT2D eigenvalue weighted by atomic mass is 10.2. The van der Waals surface area contributed by atoms with Crippen molar-refractivity contribution in [3.05, 3.63) is 29.8 Å². The summed E-state index contributed by atoms with van der Waals surface area (Å²) < 4.78 is 16.0. The molecule has 0 bridgehead atoms. The van der Waals surface area contributed by atoms with E-state index in [2.05, 4.69) is 17.4 Å². The number of methoxy groups -OCH3 is 1. The number of hydrogen-bond acceptors (Lipinski definition) is 4. The molecule has 0 saturated heterocycles. The van der Waals surface area contributed by atoms with Crippen molar-refractivity contribution in [2.45, 2.75) is 31.8 Å². The third-order valence-corrected chi connectivity index (χ3v) is 3.23. The Bertz CT molecular complexity index is 362. The molecule has 1 N–H and O–H groups in total. The van der Waals surface area contributed by atoms with Gasteiger partial charge in [-0.1, -0.05) is 12.1 Å². The molecular formula is C16H25NO3. The highest BCUT2D eigenvalue weighted by Gasteiger charge is 2.19. The van der Waals surface area contributed by atoms with Crippen LogP contribution in [0.25, 0.3) is 0 Å². The van der Waals surface area contributed by atoms with Gasteiger partial charge in [-0.3, -0.25) is 0 Å². The molecule has 4 nitrogen and oxygen atoms in total. The van der Waals surface area contributed by atoms with Crippen molar-refractivity contribution in [1.29, 1.82) is 0 Å². The molecule has 20 heavy (non-hydrogen) atoms. The maximum atomic E-state index is 5.67. The van der Waals surface area contributed by atoms with E-state index in [9.17, 15) is 0 Å². The van der Waals surface area contributed by atoms with Gasteiger partial charge in [0, 0.05) is 32.7 Å². The molecule has 0 heterocycles. The van der Waals surface area contributed by atoms with Crippen LogP contribution in [0.1, 0.15) is 24.8 Å². The molecule has 1 fully saturated rings. The summed E-state index contributed by atoms with van der Waals surface area (Å²) in [4.78, 5) is 0. The van der Waals surface area contributed by atoms with Crippen molar-refractivity contribution in [2.24, 2.45) is 0 Å². The molecule has 0 aromatic heterocycles. The normalized spacial score (nSPS) is 14.4. The molecule has 1 aromatic carbocycles. The van der Waals surface area contributed by atoms with Crippen LogP contribution in [0.4, 0.5) is 0 Å². The van der Waals surface area contributed by atoms with E-state index in [1.807, 2.05) is 12.1 Å². The van der Waals surface area contributed by atoms with Crippen LogP contribution in [-0.4, -0.2) is 39.6 Å². The van der Waals surface area contributed by atoms with Gasteiger partial charge in [-0.15, -0.1) is 0 Å². The van der Waals surface area contributed by atoms with E-state index in [4.69, 9.17) is 14.2 Å². The summed E-state index contributed by atoms with van der Waals surface area (Å²) in [6.07, 6.45) is 3.55. The second kappa shape index (κ2) is 8.95. The van der Waals surface area contributed by atoms with Crippen molar-refractivity contribution < 1.29 is 14.2 Å². The maximum absolute atomic E-state index is 5.67. The minimum Gasteiger partial charge on any atom is -0.494 e. The van der Waals surface area contributed by atoms with Crippen LogP contribution >= 0.6 is 0 Å². The molecule has 0 atom stereocenters. The quantitative estimate of drug-likeness (QED) is 0.631. The second-order valence-corrected chi connectivity index (χ2v) is 5.11. The third kappa shape index (κ3) is 6.37. The molecule has 0 spiro atoms. The van der Waals surface area contributed by atoms with Crippen molar-refractivity contribution in [3.8, 4) is 5.75 Å². The minimum absolute atomic E-state index is 0.650. The largest absolute Gasteiger partial charge is 0.494 e. The van der Waals surface area contributed by atoms with Gasteiger partial charge in [-0.25, -0.2) is 0 Å². The smallest absolute Gasteiger partial charge is 0.119 e. The van der Waals surface area contributed by atoms with E-state index in [-0.39, 0.29) is 0 Å². The highest BCUT2D eigenvalue weighted by Crippen LogP contribution is 2.19. The molecule has 0 unspecified atom stereocenters. The maximum Gasteiger partial charge on any atom is 0.119 e. The average molecular weight is 279 g/mol. The Labute approximate surface area is 121 Å². The summed E-state index contributed by atoms with van der Waals surface area (Å²) in [7, 11) is 1.68. The predicted octanol–water partition coefficient (Wildman–Crippen LogP) is 2.37. The Morgan fingerprint density at radius 2 is 1.85 bits per heavy atom. The number of hydrogen-bond donors (Lipinski definition) is 1. The molecular weight excluding hydrogens is 254 g/mol. The Morgan fingerprint density at radius 3 is 2.55 bits per heavy atom. The van der Waals surface area contributed by atoms with Crippen molar-refractivity contribution in [3.63, 3.8) is 0 Å². The first-order valence-electron chi connectivity index (χ1n) is 7.40. The highest BCUT2D eigenvalue weighted by atomic mass is 16.5. The molecule has 1 aromatic rings. The van der Waals surface area contributed by atoms with Gasteiger partial charge in [-0.2, -0.15) is 0 Å². The summed E-state index contributed by atoms with van der Waals surface area (Å²) in [5.74, 6) is 0.928. The highest BCUT2D eigenvalue weighted by molar-refractivity contribution is 5.27. The van der Waals surface area contributed by atoms with Crippen LogP contribution in [0, 0.1) is 0 Å². The van der Waals surface area contributed by atoms with Gasteiger partial charge in [-0.05, 0) is 30.5 Å². The van der Waals surface area contributed by atoms with Crippen LogP contribution in [-0.2, 0) is 16.0 Å². The van der Waals surface area contributed by atoms with Gasteiger partial charge >= 0.3 is 0 Å². The molecule has 0 amide bonds. The zero-order valence-corrected chi connectivity index (χ0v) is 12.3. The molecule has 2 rings (SSSR count). The van der Waals surface area contributed by atoms with Gasteiger partial charge in [0.25, 0.3) is 0 Å². The Hall–Kier alpha value is -1.10. The fraction of sp³-hybridized carbons (Fsp3) is 0.625. The Kier molecular flexibility index (Phi) is 6.84. The van der Waals surface area contributed by atoms with Gasteiger partial charge in [0.05, 0.1) is 19.8 Å². The summed E-state index contributed by atoms with van der Waals surface area (Å²) >= 11 is 0. The molecule has 0 radical (unpaired) electrons. The van der Waals surface area contributed by atoms with E-state index in [1.54, 1.807) is 7.11 Å². The van der Waals surface area contributed by atoms with Crippen molar-refractivity contribution >= 4 is 0 Å². The lowest BCUT2D eigenvalue weighted by Gasteiger charge is -2.08. The zero-order valence-electron chi connectivity index (χ0n) is 12.3. The van der Waals surface area contributed by atoms with Gasteiger partial charge < -0.3 is 19.5 Å². The van der Waals surface area contributed by atoms with Crippen LogP contribution < -0.4 is 10.1 Å². The summed E-state index contributed by atoms with van der Waals surface area (Å²) in [6, 6.07) is 9.08. The predicted molar refractivity (Wildman–Crippen MR) is 79.1 cm³/mol. The molecule has 0 aliphatic heterocycles. The van der Waals surface area contributed by atoms with E-state index in [0.29, 0.717) is 26.4 Å². The van der Waals surface area contributed by atoms with E-state index >= 15 is 0 Å². The zero-order chi connectivity index (χ0) is 14.0. The van der Waals surface area contributed by atoms with Crippen molar-refractivity contribution in [1.82, 2.24) is 5.32 Å². The van der Waals surface area contributed by atoms with Crippen LogP contribution in [0.5, 0.6) is 5.75 Å². The molecule has 1 saturated carbocycles. The van der Waals surface area contributed by atoms with E-state index in [1.165, 1.54) is 18.4 Å². The first-order valence-corrected chi connectivity index (χ1v) is 7.40. The Balaban J connectivity index is 1.53. The molecule has 4 heteroatoms. The molecule has 1 aliphatic carbocycles. The first kappa shape index (κ1) is 15.3. The van der Waals surface area contributed by atoms with Crippen LogP contribution in [0.15, 0.2) is 24.3 Å². The van der Waals surface area contributed by atoms with Gasteiger partial charge in [0.2, 0.25) is 0 Å². The number of rotatable bonds is 11. The van der Waals surface area contributed by atoms with Crippen molar-refractivity contribution in [2.75, 3.05) is 33.5 Å². The number of nitrogens with one attached hydrogen (secondary N) is 1. The van der Waals surface area contributed by atoms with E-state index < -0.39 is 0 Å². The summed E-state index contributed by atoms with van der Waals surface area (Å²) in [5.41, 5.74) is 1.31. The fourth-order valence-corrected chi connectivity index (χ4v) is 1.85. The lowest BCUT2D eigenvalue weighted by Crippen LogP contribution is -2.15. The van der Waals surface area contributed by atoms with Gasteiger partial charge in [0.1, 0.15) is 5.75 Å². The SMILES string of the molecule is COCCOCCCOc1ccc(CNC2CC2)cc1. The van der Waals surface area contributed by atoms with E-state index in [0.717, 1.165) is 24.8 Å². The topological polar surface area (TPSA) is 39.7 Å². The first-order chi connectivity index (χ1) is 9.88. The minimum atomic E-state index is 0.650.